The van der Waals surface area contributed by atoms with E-state index in [4.69, 9.17) is 17.3 Å². The molecule has 0 spiro atoms. The molecule has 0 aliphatic heterocycles. The van der Waals surface area contributed by atoms with Crippen LogP contribution in [0.15, 0.2) is 90.5 Å². The SMILES string of the molecule is Cc1ccc(CC(=O)[C@H](CCC(N)=O)NC(=O)[C@@H](CC(=O)[C@H](Cc2ccc3ccccc3c2)NC(=O)C2=Cc3cc(Cl)ccc3C2)Cc2nn[nH]n2)cc1. The molecule has 5 aromatic rings. The zero-order valence-corrected chi connectivity index (χ0v) is 30.4. The summed E-state index contributed by atoms with van der Waals surface area (Å²) in [6.07, 6.45) is 1.77. The van der Waals surface area contributed by atoms with E-state index in [0.29, 0.717) is 17.0 Å². The Morgan fingerprint density at radius 3 is 2.35 bits per heavy atom. The van der Waals surface area contributed by atoms with Gasteiger partial charge in [-0.25, -0.2) is 0 Å². The highest BCUT2D eigenvalue weighted by molar-refractivity contribution is 6.30. The number of nitrogens with one attached hydrogen (secondary N) is 3. The molecule has 0 saturated heterocycles. The Morgan fingerprint density at radius 2 is 1.61 bits per heavy atom. The first-order valence-electron chi connectivity index (χ1n) is 17.7. The summed E-state index contributed by atoms with van der Waals surface area (Å²) >= 11 is 6.19. The maximum absolute atomic E-state index is 14.3. The Morgan fingerprint density at radius 1 is 0.852 bits per heavy atom. The summed E-state index contributed by atoms with van der Waals surface area (Å²) in [5, 5.41) is 22.3. The first kappa shape index (κ1) is 37.7. The maximum atomic E-state index is 14.3. The second kappa shape index (κ2) is 17.2. The molecular weight excluding hydrogens is 706 g/mol. The third-order valence-corrected chi connectivity index (χ3v) is 9.81. The normalized spacial score (nSPS) is 13.7. The van der Waals surface area contributed by atoms with Crippen LogP contribution in [0.5, 0.6) is 0 Å². The summed E-state index contributed by atoms with van der Waals surface area (Å²) in [5.41, 5.74) is 10.3. The standard InChI is InChI=1S/C41H40ClN7O5/c1-24-6-8-25(9-7-24)18-36(50)34(14-15-38(43)52)44-41(54)32(23-39-46-48-49-47-39)22-37(51)35(17-26-10-11-27-4-2-3-5-28(27)16-26)45-40(53)31-19-29-12-13-33(42)21-30(29)20-31/h2-13,16,20-21,32,34-35H,14-15,17-19,22-23H2,1H3,(H2,43,52)(H,44,54)(H,45,53)(H,46,47,48,49)/t32-,34-,35-/m0/s1. The maximum Gasteiger partial charge on any atom is 0.248 e. The number of amides is 3. The first-order valence-corrected chi connectivity index (χ1v) is 18.1. The van der Waals surface area contributed by atoms with Crippen molar-refractivity contribution in [2.24, 2.45) is 11.7 Å². The molecule has 1 heterocycles. The highest BCUT2D eigenvalue weighted by Gasteiger charge is 2.32. The lowest BCUT2D eigenvalue weighted by Gasteiger charge is -2.24. The highest BCUT2D eigenvalue weighted by atomic mass is 35.5. The minimum atomic E-state index is -1.05. The number of carbonyl (C=O) groups excluding carboxylic acids is 5. The van der Waals surface area contributed by atoms with Crippen LogP contribution in [0.2, 0.25) is 5.02 Å². The van der Waals surface area contributed by atoms with E-state index in [1.165, 1.54) is 0 Å². The van der Waals surface area contributed by atoms with Crippen LogP contribution in [0.25, 0.3) is 16.8 Å². The van der Waals surface area contributed by atoms with Crippen LogP contribution in [0.1, 0.15) is 52.9 Å². The van der Waals surface area contributed by atoms with Gasteiger partial charge in [-0.3, -0.25) is 24.0 Å². The lowest BCUT2D eigenvalue weighted by molar-refractivity contribution is -0.133. The summed E-state index contributed by atoms with van der Waals surface area (Å²) in [7, 11) is 0. The first-order chi connectivity index (χ1) is 26.0. The van der Waals surface area contributed by atoms with Crippen molar-refractivity contribution in [2.75, 3.05) is 0 Å². The Bertz CT molecular complexity index is 2220. The Kier molecular flexibility index (Phi) is 12.0. The number of tetrazole rings is 1. The average Bonchev–Trinajstić information content (AvgIpc) is 3.83. The summed E-state index contributed by atoms with van der Waals surface area (Å²) in [5.74, 6) is -3.22. The molecule has 54 heavy (non-hydrogen) atoms. The van der Waals surface area contributed by atoms with E-state index in [1.807, 2.05) is 79.7 Å². The van der Waals surface area contributed by atoms with E-state index in [-0.39, 0.29) is 50.1 Å². The Labute approximate surface area is 316 Å². The van der Waals surface area contributed by atoms with Gasteiger partial charge in [0, 0.05) is 42.7 Å². The molecule has 0 saturated carbocycles. The number of H-pyrrole nitrogens is 1. The molecule has 0 bridgehead atoms. The Hall–Kier alpha value is -6.01. The number of primary amides is 1. The van der Waals surface area contributed by atoms with Crippen molar-refractivity contribution < 1.29 is 24.0 Å². The van der Waals surface area contributed by atoms with Crippen LogP contribution >= 0.6 is 11.6 Å². The molecule has 0 fully saturated rings. The molecule has 1 aliphatic carbocycles. The van der Waals surface area contributed by atoms with Gasteiger partial charge in [-0.05, 0) is 71.0 Å². The van der Waals surface area contributed by atoms with E-state index < -0.39 is 41.5 Å². The van der Waals surface area contributed by atoms with Crippen LogP contribution in [0.3, 0.4) is 0 Å². The molecule has 12 nitrogen and oxygen atoms in total. The number of aryl methyl sites for hydroxylation is 1. The van der Waals surface area contributed by atoms with Crippen LogP contribution in [-0.2, 0) is 49.7 Å². The topological polar surface area (TPSA) is 190 Å². The van der Waals surface area contributed by atoms with Crippen molar-refractivity contribution >= 4 is 57.7 Å². The molecule has 13 heteroatoms. The summed E-state index contributed by atoms with van der Waals surface area (Å²) in [6, 6.07) is 24.5. The van der Waals surface area contributed by atoms with E-state index in [2.05, 4.69) is 31.3 Å². The number of aromatic amines is 1. The third kappa shape index (κ3) is 9.90. The predicted octanol–water partition coefficient (Wildman–Crippen LogP) is 4.36. The molecule has 3 amide bonds. The monoisotopic (exact) mass is 745 g/mol. The van der Waals surface area contributed by atoms with Gasteiger partial charge in [0.05, 0.1) is 18.0 Å². The summed E-state index contributed by atoms with van der Waals surface area (Å²) < 4.78 is 0. The molecule has 4 aromatic carbocycles. The molecule has 6 rings (SSSR count). The number of rotatable bonds is 17. The smallest absolute Gasteiger partial charge is 0.248 e. The summed E-state index contributed by atoms with van der Waals surface area (Å²) in [4.78, 5) is 67.4. The Balaban J connectivity index is 1.24. The number of Topliss-reactive ketones (excluding diaryl/α,β-unsaturated/α-hetero) is 2. The minimum Gasteiger partial charge on any atom is -0.370 e. The van der Waals surface area contributed by atoms with Gasteiger partial charge in [-0.2, -0.15) is 5.21 Å². The van der Waals surface area contributed by atoms with Crippen molar-refractivity contribution in [2.45, 2.75) is 64.0 Å². The number of nitrogens with two attached hydrogens (primary N) is 1. The largest absolute Gasteiger partial charge is 0.370 e. The van der Waals surface area contributed by atoms with Crippen molar-refractivity contribution in [1.82, 2.24) is 31.3 Å². The minimum absolute atomic E-state index is 0.0159. The quantitative estimate of drug-likeness (QED) is 0.108. The predicted molar refractivity (Wildman–Crippen MR) is 204 cm³/mol. The average molecular weight is 746 g/mol. The number of carbonyl (C=O) groups is 5. The fourth-order valence-corrected chi connectivity index (χ4v) is 6.78. The van der Waals surface area contributed by atoms with Gasteiger partial charge in [0.25, 0.3) is 0 Å². The fourth-order valence-electron chi connectivity index (χ4n) is 6.60. The van der Waals surface area contributed by atoms with Gasteiger partial charge in [0.15, 0.2) is 17.4 Å². The van der Waals surface area contributed by atoms with Gasteiger partial charge >= 0.3 is 0 Å². The van der Waals surface area contributed by atoms with E-state index in [0.717, 1.165) is 38.6 Å². The number of ketones is 2. The lowest BCUT2D eigenvalue weighted by atomic mass is 9.90. The van der Waals surface area contributed by atoms with Crippen LogP contribution in [-0.4, -0.2) is 62.0 Å². The van der Waals surface area contributed by atoms with E-state index in [9.17, 15) is 24.0 Å². The molecule has 276 valence electrons. The van der Waals surface area contributed by atoms with Gasteiger partial charge < -0.3 is 16.4 Å². The molecule has 0 unspecified atom stereocenters. The molecule has 0 radical (unpaired) electrons. The second-order valence-corrected chi connectivity index (χ2v) is 14.1. The zero-order valence-electron chi connectivity index (χ0n) is 29.7. The van der Waals surface area contributed by atoms with Gasteiger partial charge in [-0.15, -0.1) is 10.2 Å². The molecule has 5 N–H and O–H groups in total. The lowest BCUT2D eigenvalue weighted by Crippen LogP contribution is -2.48. The van der Waals surface area contributed by atoms with Crippen LogP contribution < -0.4 is 16.4 Å². The molecule has 1 aromatic heterocycles. The third-order valence-electron chi connectivity index (χ3n) is 9.58. The van der Waals surface area contributed by atoms with Crippen molar-refractivity contribution in [1.29, 1.82) is 0 Å². The number of halogens is 1. The van der Waals surface area contributed by atoms with E-state index >= 15 is 0 Å². The number of aromatic nitrogens is 4. The highest BCUT2D eigenvalue weighted by Crippen LogP contribution is 2.28. The summed E-state index contributed by atoms with van der Waals surface area (Å²) in [6.45, 7) is 1.94. The van der Waals surface area contributed by atoms with Gasteiger partial charge in [0.1, 0.15) is 0 Å². The number of hydrogen-bond donors (Lipinski definition) is 4. The zero-order chi connectivity index (χ0) is 38.2. The fraction of sp³-hybridized carbons (Fsp3) is 0.268. The van der Waals surface area contributed by atoms with Crippen LogP contribution in [0.4, 0.5) is 0 Å². The molecule has 3 atom stereocenters. The second-order valence-electron chi connectivity index (χ2n) is 13.7. The molecular formula is C41H40ClN7O5. The number of benzene rings is 4. The number of fused-ring (bicyclic) bond motifs is 2. The van der Waals surface area contributed by atoms with E-state index in [1.54, 1.807) is 18.2 Å². The van der Waals surface area contributed by atoms with Crippen molar-refractivity contribution in [3.63, 3.8) is 0 Å². The van der Waals surface area contributed by atoms with Crippen molar-refractivity contribution in [3.05, 3.63) is 129 Å². The van der Waals surface area contributed by atoms with Crippen molar-refractivity contribution in [3.8, 4) is 0 Å². The van der Waals surface area contributed by atoms with Crippen LogP contribution in [0, 0.1) is 12.8 Å². The number of hydrogen-bond acceptors (Lipinski definition) is 8. The van der Waals surface area contributed by atoms with Gasteiger partial charge in [-0.1, -0.05) is 95.2 Å². The number of nitrogens with zero attached hydrogens (tertiary/aromatic N) is 3. The van der Waals surface area contributed by atoms with Gasteiger partial charge in [0.2, 0.25) is 17.7 Å². The molecule has 1 aliphatic rings.